The molecule has 0 saturated carbocycles. The van der Waals surface area contributed by atoms with Crippen LogP contribution in [-0.4, -0.2) is 35.5 Å². The van der Waals surface area contributed by atoms with E-state index in [-0.39, 0.29) is 18.1 Å². The van der Waals surface area contributed by atoms with Gasteiger partial charge < -0.3 is 20.5 Å². The molecule has 0 aromatic heterocycles. The number of hydrogen-bond donors (Lipinski definition) is 3. The molecule has 0 spiro atoms. The van der Waals surface area contributed by atoms with Crippen molar-refractivity contribution in [3.05, 3.63) is 23.8 Å². The van der Waals surface area contributed by atoms with Gasteiger partial charge in [0.1, 0.15) is 11.8 Å². The van der Waals surface area contributed by atoms with Crippen LogP contribution in [0.25, 0.3) is 0 Å². The highest BCUT2D eigenvalue weighted by molar-refractivity contribution is 6.00. The summed E-state index contributed by atoms with van der Waals surface area (Å²) in [5.74, 6) is -1.41. The first-order valence-corrected chi connectivity index (χ1v) is 6.61. The number of fused-ring (bicyclic) bond motifs is 1. The lowest BCUT2D eigenvalue weighted by molar-refractivity contribution is -0.139. The number of ether oxygens (including phenoxy) is 1. The van der Waals surface area contributed by atoms with Crippen LogP contribution in [0, 0.1) is 0 Å². The second-order valence-electron chi connectivity index (χ2n) is 4.70. The standard InChI is InChI=1S/C14H16N2O5/c1-2-3-10(14(19)20)16-13(18)8-4-5-9-11(6-8)21-7-12(17)15-9/h4-6,10H,2-3,7H2,1H3,(H,15,17)(H,16,18)(H,19,20). The van der Waals surface area contributed by atoms with Crippen molar-refractivity contribution in [1.82, 2.24) is 5.32 Å². The zero-order chi connectivity index (χ0) is 15.4. The first kappa shape index (κ1) is 14.8. The number of nitrogens with one attached hydrogen (secondary N) is 2. The molecule has 1 aromatic carbocycles. The number of anilines is 1. The van der Waals surface area contributed by atoms with Gasteiger partial charge in [0, 0.05) is 5.56 Å². The maximum Gasteiger partial charge on any atom is 0.326 e. The number of carbonyl (C=O) groups excluding carboxylic acids is 2. The summed E-state index contributed by atoms with van der Waals surface area (Å²) in [6.45, 7) is 1.74. The molecule has 2 rings (SSSR count). The minimum atomic E-state index is -1.06. The van der Waals surface area contributed by atoms with Gasteiger partial charge >= 0.3 is 5.97 Å². The Labute approximate surface area is 121 Å². The van der Waals surface area contributed by atoms with E-state index in [0.29, 0.717) is 24.3 Å². The van der Waals surface area contributed by atoms with Crippen molar-refractivity contribution in [3.63, 3.8) is 0 Å². The van der Waals surface area contributed by atoms with Gasteiger partial charge in [-0.1, -0.05) is 13.3 Å². The molecule has 112 valence electrons. The average Bonchev–Trinajstić information content (AvgIpc) is 2.45. The zero-order valence-electron chi connectivity index (χ0n) is 11.5. The van der Waals surface area contributed by atoms with Crippen LogP contribution in [0.5, 0.6) is 5.75 Å². The summed E-state index contributed by atoms with van der Waals surface area (Å²) in [6.07, 6.45) is 1.01. The van der Waals surface area contributed by atoms with Crippen molar-refractivity contribution < 1.29 is 24.2 Å². The highest BCUT2D eigenvalue weighted by atomic mass is 16.5. The molecule has 21 heavy (non-hydrogen) atoms. The molecule has 0 aliphatic carbocycles. The normalized spacial score (nSPS) is 14.4. The number of hydrogen-bond acceptors (Lipinski definition) is 4. The predicted molar refractivity (Wildman–Crippen MR) is 74.4 cm³/mol. The second kappa shape index (κ2) is 6.25. The van der Waals surface area contributed by atoms with Gasteiger partial charge in [0.15, 0.2) is 6.61 Å². The van der Waals surface area contributed by atoms with Gasteiger partial charge in [-0.3, -0.25) is 9.59 Å². The van der Waals surface area contributed by atoms with Crippen LogP contribution >= 0.6 is 0 Å². The summed E-state index contributed by atoms with van der Waals surface area (Å²) in [4.78, 5) is 34.3. The Morgan fingerprint density at radius 3 is 2.90 bits per heavy atom. The third-order valence-corrected chi connectivity index (χ3v) is 3.06. The van der Waals surface area contributed by atoms with Gasteiger partial charge in [0.2, 0.25) is 0 Å². The molecule has 7 heteroatoms. The van der Waals surface area contributed by atoms with Crippen LogP contribution in [0.2, 0.25) is 0 Å². The van der Waals surface area contributed by atoms with Crippen molar-refractivity contribution in [2.45, 2.75) is 25.8 Å². The molecule has 1 aliphatic rings. The monoisotopic (exact) mass is 292 g/mol. The molecule has 3 N–H and O–H groups in total. The van der Waals surface area contributed by atoms with Gasteiger partial charge in [0.25, 0.3) is 11.8 Å². The van der Waals surface area contributed by atoms with E-state index in [4.69, 9.17) is 9.84 Å². The minimum Gasteiger partial charge on any atom is -0.482 e. The Bertz CT molecular complexity index is 585. The molecule has 1 heterocycles. The van der Waals surface area contributed by atoms with E-state index in [0.717, 1.165) is 0 Å². The third-order valence-electron chi connectivity index (χ3n) is 3.06. The first-order chi connectivity index (χ1) is 10.0. The third kappa shape index (κ3) is 3.50. The highest BCUT2D eigenvalue weighted by Gasteiger charge is 2.22. The second-order valence-corrected chi connectivity index (χ2v) is 4.70. The number of carboxylic acids is 1. The average molecular weight is 292 g/mol. The molecule has 0 saturated heterocycles. The summed E-state index contributed by atoms with van der Waals surface area (Å²) >= 11 is 0. The molecule has 2 amide bonds. The van der Waals surface area contributed by atoms with Crippen molar-refractivity contribution in [3.8, 4) is 5.75 Å². The largest absolute Gasteiger partial charge is 0.482 e. The molecule has 0 radical (unpaired) electrons. The van der Waals surface area contributed by atoms with Crippen molar-refractivity contribution in [1.29, 1.82) is 0 Å². The number of benzene rings is 1. The van der Waals surface area contributed by atoms with Gasteiger partial charge in [-0.05, 0) is 24.6 Å². The molecule has 1 aliphatic heterocycles. The van der Waals surface area contributed by atoms with E-state index < -0.39 is 17.9 Å². The molecule has 1 atom stereocenters. The van der Waals surface area contributed by atoms with Crippen LogP contribution in [0.3, 0.4) is 0 Å². The fourth-order valence-corrected chi connectivity index (χ4v) is 2.00. The summed E-state index contributed by atoms with van der Waals surface area (Å²) in [6, 6.07) is 3.62. The van der Waals surface area contributed by atoms with Gasteiger partial charge in [-0.2, -0.15) is 0 Å². The molecular formula is C14H16N2O5. The SMILES string of the molecule is CCCC(NC(=O)c1ccc2c(c1)OCC(=O)N2)C(=O)O. The zero-order valence-corrected chi connectivity index (χ0v) is 11.5. The van der Waals surface area contributed by atoms with E-state index in [1.165, 1.54) is 12.1 Å². The molecule has 0 bridgehead atoms. The molecule has 1 aromatic rings. The van der Waals surface area contributed by atoms with Gasteiger partial charge in [-0.15, -0.1) is 0 Å². The van der Waals surface area contributed by atoms with Crippen molar-refractivity contribution in [2.75, 3.05) is 11.9 Å². The van der Waals surface area contributed by atoms with E-state index in [1.807, 2.05) is 6.92 Å². The molecular weight excluding hydrogens is 276 g/mol. The van der Waals surface area contributed by atoms with Crippen molar-refractivity contribution in [2.24, 2.45) is 0 Å². The Morgan fingerprint density at radius 2 is 2.24 bits per heavy atom. The Kier molecular flexibility index (Phi) is 4.42. The predicted octanol–water partition coefficient (Wildman–Crippen LogP) is 1.00. The van der Waals surface area contributed by atoms with Crippen LogP contribution in [0.15, 0.2) is 18.2 Å². The number of carbonyl (C=O) groups is 3. The topological polar surface area (TPSA) is 105 Å². The molecule has 7 nitrogen and oxygen atoms in total. The summed E-state index contributed by atoms with van der Waals surface area (Å²) in [5, 5.41) is 14.1. The lowest BCUT2D eigenvalue weighted by Gasteiger charge is -2.19. The van der Waals surface area contributed by atoms with Gasteiger partial charge in [-0.25, -0.2) is 4.79 Å². The fraction of sp³-hybridized carbons (Fsp3) is 0.357. The minimum absolute atomic E-state index is 0.105. The maximum absolute atomic E-state index is 12.1. The fourth-order valence-electron chi connectivity index (χ4n) is 2.00. The lowest BCUT2D eigenvalue weighted by atomic mass is 10.1. The van der Waals surface area contributed by atoms with E-state index in [1.54, 1.807) is 6.07 Å². The van der Waals surface area contributed by atoms with Gasteiger partial charge in [0.05, 0.1) is 5.69 Å². The van der Waals surface area contributed by atoms with E-state index in [2.05, 4.69) is 10.6 Å². The number of amides is 2. The molecule has 0 fully saturated rings. The maximum atomic E-state index is 12.1. The lowest BCUT2D eigenvalue weighted by Crippen LogP contribution is -2.40. The summed E-state index contributed by atoms with van der Waals surface area (Å²) < 4.78 is 5.22. The van der Waals surface area contributed by atoms with Crippen LogP contribution in [-0.2, 0) is 9.59 Å². The Balaban J connectivity index is 2.13. The first-order valence-electron chi connectivity index (χ1n) is 6.61. The van der Waals surface area contributed by atoms with Crippen LogP contribution in [0.1, 0.15) is 30.1 Å². The highest BCUT2D eigenvalue weighted by Crippen LogP contribution is 2.28. The van der Waals surface area contributed by atoms with Crippen LogP contribution < -0.4 is 15.4 Å². The Morgan fingerprint density at radius 1 is 1.48 bits per heavy atom. The summed E-state index contributed by atoms with van der Waals surface area (Å²) in [5.41, 5.74) is 0.776. The quantitative estimate of drug-likeness (QED) is 0.751. The molecule has 1 unspecified atom stereocenters. The number of aliphatic carboxylic acids is 1. The Hall–Kier alpha value is -2.57. The van der Waals surface area contributed by atoms with Crippen LogP contribution in [0.4, 0.5) is 5.69 Å². The number of carboxylic acid groups (broad SMARTS) is 1. The van der Waals surface area contributed by atoms with E-state index >= 15 is 0 Å². The smallest absolute Gasteiger partial charge is 0.326 e. The van der Waals surface area contributed by atoms with Crippen molar-refractivity contribution >= 4 is 23.5 Å². The summed E-state index contributed by atoms with van der Waals surface area (Å²) in [7, 11) is 0. The number of rotatable bonds is 5. The van der Waals surface area contributed by atoms with E-state index in [9.17, 15) is 14.4 Å².